The lowest BCUT2D eigenvalue weighted by atomic mass is 10.2. The summed E-state index contributed by atoms with van der Waals surface area (Å²) >= 11 is 0. The van der Waals surface area contributed by atoms with Gasteiger partial charge < -0.3 is 10.4 Å². The van der Waals surface area contributed by atoms with Crippen LogP contribution in [0.3, 0.4) is 0 Å². The highest BCUT2D eigenvalue weighted by atomic mass is 19.1. The van der Waals surface area contributed by atoms with Crippen LogP contribution in [0, 0.1) is 5.82 Å². The summed E-state index contributed by atoms with van der Waals surface area (Å²) in [5.41, 5.74) is 0.501. The van der Waals surface area contributed by atoms with E-state index in [0.29, 0.717) is 5.56 Å². The molecular formula is C13H11FN2O2. The van der Waals surface area contributed by atoms with E-state index in [2.05, 4.69) is 10.3 Å². The van der Waals surface area contributed by atoms with E-state index >= 15 is 0 Å². The predicted octanol–water partition coefficient (Wildman–Crippen LogP) is 1.86. The lowest BCUT2D eigenvalue weighted by Crippen LogP contribution is -2.23. The number of hydrogen-bond donors (Lipinski definition) is 2. The molecule has 2 aromatic rings. The van der Waals surface area contributed by atoms with Crippen molar-refractivity contribution in [2.75, 3.05) is 0 Å². The number of aromatic hydroxyl groups is 1. The molecule has 1 aromatic heterocycles. The normalized spacial score (nSPS) is 10.1. The highest BCUT2D eigenvalue weighted by Crippen LogP contribution is 2.15. The Morgan fingerprint density at radius 3 is 2.83 bits per heavy atom. The zero-order chi connectivity index (χ0) is 13.0. The molecule has 18 heavy (non-hydrogen) atoms. The van der Waals surface area contributed by atoms with Crippen molar-refractivity contribution in [3.05, 3.63) is 59.7 Å². The van der Waals surface area contributed by atoms with Crippen molar-refractivity contribution in [3.8, 4) is 5.75 Å². The Labute approximate surface area is 103 Å². The number of rotatable bonds is 3. The van der Waals surface area contributed by atoms with Gasteiger partial charge in [0.2, 0.25) is 0 Å². The molecule has 0 saturated carbocycles. The molecule has 0 spiro atoms. The Balaban J connectivity index is 2.06. The summed E-state index contributed by atoms with van der Waals surface area (Å²) in [6.45, 7) is 0.132. The highest BCUT2D eigenvalue weighted by Gasteiger charge is 2.11. The summed E-state index contributed by atoms with van der Waals surface area (Å²) in [5, 5.41) is 12.0. The van der Waals surface area contributed by atoms with Crippen molar-refractivity contribution < 1.29 is 14.3 Å². The fourth-order valence-electron chi connectivity index (χ4n) is 1.49. The molecule has 92 valence electrons. The Morgan fingerprint density at radius 2 is 2.11 bits per heavy atom. The maximum absolute atomic E-state index is 13.3. The van der Waals surface area contributed by atoms with Crippen molar-refractivity contribution in [1.82, 2.24) is 10.3 Å². The van der Waals surface area contributed by atoms with Gasteiger partial charge in [0.05, 0.1) is 11.8 Å². The molecule has 4 nitrogen and oxygen atoms in total. The summed E-state index contributed by atoms with van der Waals surface area (Å²) < 4.78 is 13.3. The molecule has 0 fully saturated rings. The number of para-hydroxylation sites is 1. The van der Waals surface area contributed by atoms with E-state index in [1.54, 1.807) is 18.2 Å². The molecule has 0 aliphatic rings. The van der Waals surface area contributed by atoms with Crippen molar-refractivity contribution in [1.29, 1.82) is 0 Å². The average molecular weight is 246 g/mol. The SMILES string of the molecule is O=C(NCc1ccccc1O)c1ccncc1F. The zero-order valence-electron chi connectivity index (χ0n) is 9.43. The fourth-order valence-corrected chi connectivity index (χ4v) is 1.49. The molecule has 2 N–H and O–H groups in total. The number of carbonyl (C=O) groups is 1. The second-order valence-electron chi connectivity index (χ2n) is 3.67. The Hall–Kier alpha value is -2.43. The maximum atomic E-state index is 13.3. The topological polar surface area (TPSA) is 62.2 Å². The fraction of sp³-hybridized carbons (Fsp3) is 0.0769. The van der Waals surface area contributed by atoms with Crippen LogP contribution in [0.25, 0.3) is 0 Å². The van der Waals surface area contributed by atoms with E-state index in [1.165, 1.54) is 18.3 Å². The first-order chi connectivity index (χ1) is 8.68. The third-order valence-electron chi connectivity index (χ3n) is 2.45. The van der Waals surface area contributed by atoms with Gasteiger partial charge in [0.15, 0.2) is 5.82 Å². The van der Waals surface area contributed by atoms with Crippen molar-refractivity contribution >= 4 is 5.91 Å². The Kier molecular flexibility index (Phi) is 3.52. The van der Waals surface area contributed by atoms with Crippen LogP contribution in [0.5, 0.6) is 5.75 Å². The van der Waals surface area contributed by atoms with Gasteiger partial charge in [-0.1, -0.05) is 18.2 Å². The third kappa shape index (κ3) is 2.63. The number of amides is 1. The third-order valence-corrected chi connectivity index (χ3v) is 2.45. The number of phenolic OH excluding ortho intramolecular Hbond substituents is 1. The molecule has 0 saturated heterocycles. The molecule has 0 unspecified atom stereocenters. The second kappa shape index (κ2) is 5.27. The maximum Gasteiger partial charge on any atom is 0.254 e. The first-order valence-electron chi connectivity index (χ1n) is 5.33. The molecule has 0 aliphatic heterocycles. The molecule has 2 rings (SSSR count). The largest absolute Gasteiger partial charge is 0.508 e. The van der Waals surface area contributed by atoms with Crippen molar-refractivity contribution in [2.24, 2.45) is 0 Å². The van der Waals surface area contributed by atoms with Gasteiger partial charge in [-0.2, -0.15) is 0 Å². The van der Waals surface area contributed by atoms with E-state index in [9.17, 15) is 14.3 Å². The monoisotopic (exact) mass is 246 g/mol. The van der Waals surface area contributed by atoms with Gasteiger partial charge in [-0.25, -0.2) is 4.39 Å². The molecular weight excluding hydrogens is 235 g/mol. The van der Waals surface area contributed by atoms with Gasteiger partial charge in [0, 0.05) is 18.3 Å². The number of benzene rings is 1. The molecule has 1 aromatic carbocycles. The standard InChI is InChI=1S/C13H11FN2O2/c14-11-8-15-6-5-10(11)13(18)16-7-9-3-1-2-4-12(9)17/h1-6,8,17H,7H2,(H,16,18). The molecule has 0 radical (unpaired) electrons. The zero-order valence-corrected chi connectivity index (χ0v) is 9.43. The number of pyridine rings is 1. The van der Waals surface area contributed by atoms with E-state index < -0.39 is 11.7 Å². The van der Waals surface area contributed by atoms with Gasteiger partial charge in [0.1, 0.15) is 5.75 Å². The molecule has 1 amide bonds. The van der Waals surface area contributed by atoms with E-state index in [1.807, 2.05) is 0 Å². The van der Waals surface area contributed by atoms with Crippen LogP contribution in [-0.4, -0.2) is 16.0 Å². The predicted molar refractivity (Wildman–Crippen MR) is 63.5 cm³/mol. The quantitative estimate of drug-likeness (QED) is 0.868. The minimum atomic E-state index is -0.674. The molecule has 1 heterocycles. The summed E-state index contributed by atoms with van der Waals surface area (Å²) in [6.07, 6.45) is 2.33. The first-order valence-corrected chi connectivity index (χ1v) is 5.33. The van der Waals surface area contributed by atoms with E-state index in [4.69, 9.17) is 0 Å². The van der Waals surface area contributed by atoms with Crippen LogP contribution in [0.15, 0.2) is 42.7 Å². The number of phenols is 1. The van der Waals surface area contributed by atoms with Crippen LogP contribution >= 0.6 is 0 Å². The minimum absolute atomic E-state index is 0.0691. The van der Waals surface area contributed by atoms with Gasteiger partial charge >= 0.3 is 0 Å². The lowest BCUT2D eigenvalue weighted by molar-refractivity contribution is 0.0946. The summed E-state index contributed by atoms with van der Waals surface area (Å²) in [4.78, 5) is 15.3. The van der Waals surface area contributed by atoms with Crippen LogP contribution < -0.4 is 5.32 Å². The number of hydrogen-bond acceptors (Lipinski definition) is 3. The average Bonchev–Trinajstić information content (AvgIpc) is 2.38. The van der Waals surface area contributed by atoms with Crippen molar-refractivity contribution in [2.45, 2.75) is 6.54 Å². The van der Waals surface area contributed by atoms with Crippen molar-refractivity contribution in [3.63, 3.8) is 0 Å². The molecule has 0 bridgehead atoms. The minimum Gasteiger partial charge on any atom is -0.508 e. The summed E-state index contributed by atoms with van der Waals surface area (Å²) in [6, 6.07) is 7.93. The van der Waals surface area contributed by atoms with Crippen LogP contribution in [0.2, 0.25) is 0 Å². The van der Waals surface area contributed by atoms with E-state index in [0.717, 1.165) is 6.20 Å². The number of halogens is 1. The molecule has 5 heteroatoms. The molecule has 0 aliphatic carbocycles. The summed E-state index contributed by atoms with van der Waals surface area (Å²) in [7, 11) is 0. The van der Waals surface area contributed by atoms with E-state index in [-0.39, 0.29) is 17.9 Å². The second-order valence-corrected chi connectivity index (χ2v) is 3.67. The summed E-state index contributed by atoms with van der Waals surface area (Å²) in [5.74, 6) is -1.13. The lowest BCUT2D eigenvalue weighted by Gasteiger charge is -2.07. The molecule has 0 atom stereocenters. The van der Waals surface area contributed by atoms with Gasteiger partial charge in [-0.15, -0.1) is 0 Å². The number of nitrogens with zero attached hydrogens (tertiary/aromatic N) is 1. The van der Waals surface area contributed by atoms with Crippen LogP contribution in [0.4, 0.5) is 4.39 Å². The smallest absolute Gasteiger partial charge is 0.254 e. The highest BCUT2D eigenvalue weighted by molar-refractivity contribution is 5.94. The van der Waals surface area contributed by atoms with Gasteiger partial charge in [-0.05, 0) is 12.1 Å². The Morgan fingerprint density at radius 1 is 1.33 bits per heavy atom. The number of nitrogens with one attached hydrogen (secondary N) is 1. The Bertz CT molecular complexity index is 572. The van der Waals surface area contributed by atoms with Crippen LogP contribution in [-0.2, 0) is 6.54 Å². The van der Waals surface area contributed by atoms with Crippen LogP contribution in [0.1, 0.15) is 15.9 Å². The first kappa shape index (κ1) is 12.0. The number of aromatic nitrogens is 1. The number of carbonyl (C=O) groups excluding carboxylic acids is 1. The van der Waals surface area contributed by atoms with Gasteiger partial charge in [0.25, 0.3) is 5.91 Å². The van der Waals surface area contributed by atoms with Gasteiger partial charge in [-0.3, -0.25) is 9.78 Å².